The number of nitrogens with one attached hydrogen (secondary N) is 2. The molecule has 3 N–H and O–H groups in total. The highest BCUT2D eigenvalue weighted by molar-refractivity contribution is 6.04. The molecule has 1 saturated heterocycles. The average molecular weight is 507 g/mol. The van der Waals surface area contributed by atoms with Crippen LogP contribution in [0.3, 0.4) is 0 Å². The molecular formula is C31H30N4O3. The van der Waals surface area contributed by atoms with E-state index in [9.17, 15) is 9.90 Å². The number of aromatic carboxylic acids is 1. The number of rotatable bonds is 8. The van der Waals surface area contributed by atoms with E-state index in [4.69, 9.17) is 9.72 Å². The Hall–Kier alpha value is -4.36. The van der Waals surface area contributed by atoms with Gasteiger partial charge in [0.2, 0.25) is 0 Å². The second-order valence-corrected chi connectivity index (χ2v) is 9.55. The number of carboxylic acids is 1. The molecule has 0 unspecified atom stereocenters. The number of ether oxygens (including phenoxy) is 1. The topological polar surface area (TPSA) is 90.5 Å². The number of aromatic nitrogens is 2. The second-order valence-electron chi connectivity index (χ2n) is 9.55. The summed E-state index contributed by atoms with van der Waals surface area (Å²) in [6.45, 7) is 4.09. The van der Waals surface area contributed by atoms with Gasteiger partial charge in [0, 0.05) is 54.3 Å². The third-order valence-corrected chi connectivity index (χ3v) is 7.23. The first-order valence-electron chi connectivity index (χ1n) is 13.1. The summed E-state index contributed by atoms with van der Waals surface area (Å²) in [5, 5.41) is 16.6. The molecule has 1 aliphatic rings. The van der Waals surface area contributed by atoms with E-state index in [0.29, 0.717) is 19.4 Å². The molecule has 0 amide bonds. The summed E-state index contributed by atoms with van der Waals surface area (Å²) in [7, 11) is 0. The van der Waals surface area contributed by atoms with Crippen LogP contribution in [-0.2, 0) is 6.42 Å². The monoisotopic (exact) mass is 506 g/mol. The fourth-order valence-corrected chi connectivity index (χ4v) is 5.43. The minimum Gasteiger partial charge on any atom is -0.493 e. The van der Waals surface area contributed by atoms with Crippen LogP contribution in [0.5, 0.6) is 5.75 Å². The quantitative estimate of drug-likeness (QED) is 0.241. The fraction of sp³-hybridized carbons (Fsp3) is 0.226. The Kier molecular flexibility index (Phi) is 6.67. The van der Waals surface area contributed by atoms with Crippen molar-refractivity contribution in [2.75, 3.05) is 37.7 Å². The molecular weight excluding hydrogens is 476 g/mol. The number of nitrogens with zero attached hydrogens (tertiary/aromatic N) is 2. The summed E-state index contributed by atoms with van der Waals surface area (Å²) in [5.41, 5.74) is 3.85. The predicted octanol–water partition coefficient (Wildman–Crippen LogP) is 5.50. The molecule has 1 fully saturated rings. The summed E-state index contributed by atoms with van der Waals surface area (Å²) in [4.78, 5) is 22.5. The van der Waals surface area contributed by atoms with Crippen LogP contribution in [0.2, 0.25) is 0 Å². The maximum absolute atomic E-state index is 12.3. The molecule has 0 aliphatic carbocycles. The Morgan fingerprint density at radius 1 is 0.921 bits per heavy atom. The smallest absolute Gasteiger partial charge is 0.352 e. The molecule has 0 bridgehead atoms. The summed E-state index contributed by atoms with van der Waals surface area (Å²) in [6.07, 6.45) is 3.10. The molecule has 5 aromatic rings. The van der Waals surface area contributed by atoms with Crippen LogP contribution in [0.1, 0.15) is 22.5 Å². The number of fused-ring (bicyclic) bond motifs is 2. The van der Waals surface area contributed by atoms with Gasteiger partial charge in [-0.15, -0.1) is 0 Å². The molecule has 0 spiro atoms. The van der Waals surface area contributed by atoms with Crippen LogP contribution >= 0.6 is 0 Å². The summed E-state index contributed by atoms with van der Waals surface area (Å²) in [5.74, 6) is 0.823. The Labute approximate surface area is 221 Å². The molecule has 1 aliphatic heterocycles. The minimum atomic E-state index is -0.953. The Morgan fingerprint density at radius 2 is 1.68 bits per heavy atom. The van der Waals surface area contributed by atoms with Crippen molar-refractivity contribution < 1.29 is 14.6 Å². The highest BCUT2D eigenvalue weighted by atomic mass is 16.5. The molecule has 7 nitrogen and oxygen atoms in total. The van der Waals surface area contributed by atoms with Crippen molar-refractivity contribution in [1.82, 2.24) is 15.3 Å². The van der Waals surface area contributed by atoms with E-state index in [0.717, 1.165) is 76.1 Å². The van der Waals surface area contributed by atoms with E-state index in [1.54, 1.807) is 0 Å². The van der Waals surface area contributed by atoms with Crippen molar-refractivity contribution in [2.24, 2.45) is 0 Å². The number of hydrogen-bond donors (Lipinski definition) is 3. The average Bonchev–Trinajstić information content (AvgIpc) is 3.35. The highest BCUT2D eigenvalue weighted by Crippen LogP contribution is 2.36. The standard InChI is InChI=1S/C31H30N4O3/c36-31(37)29-24(13-6-20-38-27-14-3-8-21-7-1-2-9-22(21)27)23-10-4-11-25(28(23)34-29)26-12-5-15-33-30(26)35-18-16-32-17-19-35/h1-5,7-12,14-15,32,34H,6,13,16-20H2,(H,36,37). The van der Waals surface area contributed by atoms with Gasteiger partial charge in [0.05, 0.1) is 12.1 Å². The number of carbonyl (C=O) groups is 1. The van der Waals surface area contributed by atoms with E-state index in [-0.39, 0.29) is 5.69 Å². The van der Waals surface area contributed by atoms with E-state index < -0.39 is 5.97 Å². The van der Waals surface area contributed by atoms with Gasteiger partial charge in [0.15, 0.2) is 0 Å². The van der Waals surface area contributed by atoms with E-state index in [2.05, 4.69) is 39.5 Å². The van der Waals surface area contributed by atoms with Crippen molar-refractivity contribution in [3.05, 3.63) is 90.3 Å². The molecule has 192 valence electrons. The normalized spacial score (nSPS) is 13.7. The molecule has 6 rings (SSSR count). The first-order chi connectivity index (χ1) is 18.7. The minimum absolute atomic E-state index is 0.241. The van der Waals surface area contributed by atoms with Gasteiger partial charge in [-0.05, 0) is 42.0 Å². The first kappa shape index (κ1) is 24.0. The number of H-pyrrole nitrogens is 1. The number of hydrogen-bond acceptors (Lipinski definition) is 5. The van der Waals surface area contributed by atoms with Gasteiger partial charge in [0.1, 0.15) is 17.3 Å². The molecule has 0 atom stereocenters. The number of aryl methyl sites for hydroxylation is 1. The lowest BCUT2D eigenvalue weighted by Crippen LogP contribution is -2.44. The van der Waals surface area contributed by atoms with Gasteiger partial charge in [0.25, 0.3) is 0 Å². The van der Waals surface area contributed by atoms with Crippen molar-refractivity contribution >= 4 is 33.5 Å². The highest BCUT2D eigenvalue weighted by Gasteiger charge is 2.22. The molecule has 0 radical (unpaired) electrons. The fourth-order valence-electron chi connectivity index (χ4n) is 5.43. The van der Waals surface area contributed by atoms with Crippen LogP contribution in [0.15, 0.2) is 79.0 Å². The zero-order chi connectivity index (χ0) is 25.9. The van der Waals surface area contributed by atoms with Crippen molar-refractivity contribution in [3.8, 4) is 16.9 Å². The Balaban J connectivity index is 1.29. The van der Waals surface area contributed by atoms with Crippen LogP contribution in [0.4, 0.5) is 5.82 Å². The zero-order valence-electron chi connectivity index (χ0n) is 21.1. The lowest BCUT2D eigenvalue weighted by atomic mass is 9.99. The third-order valence-electron chi connectivity index (χ3n) is 7.23. The van der Waals surface area contributed by atoms with Gasteiger partial charge in [-0.2, -0.15) is 0 Å². The van der Waals surface area contributed by atoms with Gasteiger partial charge in [-0.3, -0.25) is 0 Å². The molecule has 7 heteroatoms. The number of aromatic amines is 1. The maximum Gasteiger partial charge on any atom is 0.352 e. The van der Waals surface area contributed by atoms with E-state index >= 15 is 0 Å². The lowest BCUT2D eigenvalue weighted by molar-refractivity contribution is 0.0690. The van der Waals surface area contributed by atoms with Gasteiger partial charge >= 0.3 is 5.97 Å². The second kappa shape index (κ2) is 10.6. The number of carboxylic acid groups (broad SMARTS) is 1. The number of benzene rings is 3. The SMILES string of the molecule is O=C(O)c1[nH]c2c(-c3cccnc3N3CCNCC3)cccc2c1CCCOc1cccc2ccccc12. The lowest BCUT2D eigenvalue weighted by Gasteiger charge is -2.30. The van der Waals surface area contributed by atoms with Crippen LogP contribution in [0.25, 0.3) is 32.8 Å². The summed E-state index contributed by atoms with van der Waals surface area (Å²) in [6, 6.07) is 24.2. The number of piperazine rings is 1. The van der Waals surface area contributed by atoms with Gasteiger partial charge < -0.3 is 25.0 Å². The number of pyridine rings is 1. The molecule has 0 saturated carbocycles. The van der Waals surface area contributed by atoms with E-state index in [1.807, 2.05) is 54.7 Å². The van der Waals surface area contributed by atoms with Gasteiger partial charge in [-0.1, -0.05) is 54.6 Å². The number of para-hydroxylation sites is 1. The van der Waals surface area contributed by atoms with Crippen molar-refractivity contribution in [3.63, 3.8) is 0 Å². The van der Waals surface area contributed by atoms with E-state index in [1.165, 1.54) is 0 Å². The Morgan fingerprint density at radius 3 is 2.55 bits per heavy atom. The molecule has 3 aromatic carbocycles. The first-order valence-corrected chi connectivity index (χ1v) is 13.1. The van der Waals surface area contributed by atoms with Gasteiger partial charge in [-0.25, -0.2) is 9.78 Å². The van der Waals surface area contributed by atoms with Crippen LogP contribution in [-0.4, -0.2) is 53.8 Å². The largest absolute Gasteiger partial charge is 0.493 e. The third kappa shape index (κ3) is 4.57. The summed E-state index contributed by atoms with van der Waals surface area (Å²) >= 11 is 0. The molecule has 2 aromatic heterocycles. The number of anilines is 1. The predicted molar refractivity (Wildman–Crippen MR) is 151 cm³/mol. The van der Waals surface area contributed by atoms with Crippen LogP contribution in [0, 0.1) is 0 Å². The molecule has 38 heavy (non-hydrogen) atoms. The zero-order valence-corrected chi connectivity index (χ0v) is 21.1. The van der Waals surface area contributed by atoms with Crippen molar-refractivity contribution in [1.29, 1.82) is 0 Å². The van der Waals surface area contributed by atoms with Crippen molar-refractivity contribution in [2.45, 2.75) is 12.8 Å². The maximum atomic E-state index is 12.3. The Bertz CT molecular complexity index is 1600. The molecule has 3 heterocycles. The summed E-state index contributed by atoms with van der Waals surface area (Å²) < 4.78 is 6.13. The van der Waals surface area contributed by atoms with Crippen LogP contribution < -0.4 is 15.0 Å².